The van der Waals surface area contributed by atoms with E-state index in [1.165, 1.54) is 12.1 Å². The summed E-state index contributed by atoms with van der Waals surface area (Å²) in [5.74, 6) is 0.335. The van der Waals surface area contributed by atoms with E-state index >= 15 is 0 Å². The molecular formula is C26H30N2O4S. The fraction of sp³-hybridized carbons (Fsp3) is 0.269. The van der Waals surface area contributed by atoms with Crippen molar-refractivity contribution < 1.29 is 17.9 Å². The molecule has 0 aliphatic carbocycles. The summed E-state index contributed by atoms with van der Waals surface area (Å²) in [6.07, 6.45) is 0. The molecule has 0 aliphatic rings. The molecule has 6 nitrogen and oxygen atoms in total. The van der Waals surface area contributed by atoms with Crippen LogP contribution in [0.3, 0.4) is 0 Å². The number of para-hydroxylation sites is 1. The zero-order valence-corrected chi connectivity index (χ0v) is 20.4. The van der Waals surface area contributed by atoms with Crippen LogP contribution in [0.5, 0.6) is 5.75 Å². The summed E-state index contributed by atoms with van der Waals surface area (Å²) < 4.78 is 33.7. The highest BCUT2D eigenvalue weighted by molar-refractivity contribution is 7.92. The van der Waals surface area contributed by atoms with Crippen molar-refractivity contribution in [2.24, 2.45) is 0 Å². The highest BCUT2D eigenvalue weighted by atomic mass is 32.2. The lowest BCUT2D eigenvalue weighted by Gasteiger charge is -2.22. The Morgan fingerprint density at radius 2 is 1.52 bits per heavy atom. The number of sulfonamides is 1. The highest BCUT2D eigenvalue weighted by Crippen LogP contribution is 2.31. The molecule has 0 saturated carbocycles. The number of anilines is 2. The molecular weight excluding hydrogens is 436 g/mol. The number of amides is 1. The second-order valence-electron chi connectivity index (χ2n) is 9.01. The molecule has 0 radical (unpaired) electrons. The number of nitrogens with one attached hydrogen (secondary N) is 2. The number of hydrogen-bond donors (Lipinski definition) is 2. The Morgan fingerprint density at radius 1 is 0.879 bits per heavy atom. The third-order valence-electron chi connectivity index (χ3n) is 5.26. The van der Waals surface area contributed by atoms with Gasteiger partial charge in [-0.15, -0.1) is 0 Å². The molecule has 7 heteroatoms. The van der Waals surface area contributed by atoms with Crippen molar-refractivity contribution in [3.05, 3.63) is 83.4 Å². The van der Waals surface area contributed by atoms with E-state index in [4.69, 9.17) is 4.74 Å². The van der Waals surface area contributed by atoms with Gasteiger partial charge in [-0.2, -0.15) is 0 Å². The van der Waals surface area contributed by atoms with E-state index in [0.717, 1.165) is 16.7 Å². The first-order chi connectivity index (χ1) is 15.5. The van der Waals surface area contributed by atoms with Crippen LogP contribution >= 0.6 is 0 Å². The first-order valence-electron chi connectivity index (χ1n) is 10.7. The summed E-state index contributed by atoms with van der Waals surface area (Å²) in [6.45, 7) is 9.99. The van der Waals surface area contributed by atoms with E-state index in [-0.39, 0.29) is 22.8 Å². The molecule has 0 saturated heterocycles. The Kier molecular flexibility index (Phi) is 7.12. The van der Waals surface area contributed by atoms with E-state index in [2.05, 4.69) is 30.8 Å². The van der Waals surface area contributed by atoms with Gasteiger partial charge in [0, 0.05) is 11.4 Å². The van der Waals surface area contributed by atoms with Gasteiger partial charge in [0.1, 0.15) is 5.75 Å². The Hall–Kier alpha value is -3.32. The summed E-state index contributed by atoms with van der Waals surface area (Å²) in [6, 6.07) is 19.0. The molecule has 0 bridgehead atoms. The number of carbonyl (C=O) groups is 1. The molecule has 33 heavy (non-hydrogen) atoms. The molecule has 0 aromatic heterocycles. The monoisotopic (exact) mass is 466 g/mol. The maximum Gasteiger partial charge on any atom is 0.262 e. The van der Waals surface area contributed by atoms with Crippen molar-refractivity contribution in [3.8, 4) is 5.75 Å². The zero-order chi connectivity index (χ0) is 24.2. The Bertz CT molecular complexity index is 1240. The Morgan fingerprint density at radius 3 is 2.15 bits per heavy atom. The van der Waals surface area contributed by atoms with Crippen LogP contribution in [0, 0.1) is 13.8 Å². The second kappa shape index (κ2) is 9.67. The lowest BCUT2D eigenvalue weighted by molar-refractivity contribution is -0.118. The molecule has 3 aromatic rings. The predicted octanol–water partition coefficient (Wildman–Crippen LogP) is 5.42. The first kappa shape index (κ1) is 24.3. The van der Waals surface area contributed by atoms with E-state index < -0.39 is 10.0 Å². The van der Waals surface area contributed by atoms with Crippen LogP contribution in [0.2, 0.25) is 0 Å². The van der Waals surface area contributed by atoms with E-state index in [1.807, 2.05) is 44.2 Å². The Labute approximate surface area is 196 Å². The normalized spacial score (nSPS) is 11.7. The molecule has 0 aliphatic heterocycles. The van der Waals surface area contributed by atoms with Crippen molar-refractivity contribution in [3.63, 3.8) is 0 Å². The second-order valence-corrected chi connectivity index (χ2v) is 10.7. The van der Waals surface area contributed by atoms with Gasteiger partial charge in [-0.25, -0.2) is 8.42 Å². The van der Waals surface area contributed by atoms with Gasteiger partial charge in [0.05, 0.1) is 4.90 Å². The van der Waals surface area contributed by atoms with Crippen LogP contribution in [-0.2, 0) is 20.2 Å². The minimum atomic E-state index is -3.74. The minimum Gasteiger partial charge on any atom is -0.483 e. The summed E-state index contributed by atoms with van der Waals surface area (Å²) >= 11 is 0. The SMILES string of the molecule is Cc1ccc(NS(=O)(=O)c2ccc(NC(=O)COc3ccccc3C(C)(C)C)cc2)cc1C. The van der Waals surface area contributed by atoms with Gasteiger partial charge in [-0.1, -0.05) is 45.0 Å². The topological polar surface area (TPSA) is 84.5 Å². The minimum absolute atomic E-state index is 0.106. The highest BCUT2D eigenvalue weighted by Gasteiger charge is 2.19. The summed E-state index contributed by atoms with van der Waals surface area (Å²) in [7, 11) is -3.74. The molecule has 2 N–H and O–H groups in total. The first-order valence-corrected chi connectivity index (χ1v) is 12.2. The van der Waals surface area contributed by atoms with Gasteiger partial charge in [-0.05, 0) is 78.4 Å². The van der Waals surface area contributed by atoms with E-state index in [9.17, 15) is 13.2 Å². The standard InChI is InChI=1S/C26H30N2O4S/c1-18-10-11-21(16-19(18)2)28-33(30,31)22-14-12-20(13-15-22)27-25(29)17-32-24-9-7-6-8-23(24)26(3,4)5/h6-16,28H,17H2,1-5H3,(H,27,29). The van der Waals surface area contributed by atoms with Gasteiger partial charge in [-0.3, -0.25) is 9.52 Å². The molecule has 0 atom stereocenters. The van der Waals surface area contributed by atoms with Crippen LogP contribution in [0.4, 0.5) is 11.4 Å². The maximum absolute atomic E-state index is 12.7. The third-order valence-corrected chi connectivity index (χ3v) is 6.66. The number of aryl methyl sites for hydroxylation is 2. The molecule has 3 rings (SSSR count). The van der Waals surface area contributed by atoms with Crippen molar-refractivity contribution in [1.82, 2.24) is 0 Å². The predicted molar refractivity (Wildman–Crippen MR) is 132 cm³/mol. The molecule has 0 fully saturated rings. The molecule has 1 amide bonds. The quantitative estimate of drug-likeness (QED) is 0.487. The number of ether oxygens (including phenoxy) is 1. The number of hydrogen-bond acceptors (Lipinski definition) is 4. The summed E-state index contributed by atoms with van der Waals surface area (Å²) in [5, 5.41) is 2.73. The van der Waals surface area contributed by atoms with Crippen LogP contribution in [-0.4, -0.2) is 20.9 Å². The van der Waals surface area contributed by atoms with Gasteiger partial charge >= 0.3 is 0 Å². The lowest BCUT2D eigenvalue weighted by Crippen LogP contribution is -2.22. The summed E-state index contributed by atoms with van der Waals surface area (Å²) in [5.41, 5.74) is 3.98. The van der Waals surface area contributed by atoms with Crippen LogP contribution in [0.25, 0.3) is 0 Å². The van der Waals surface area contributed by atoms with Crippen molar-refractivity contribution in [2.75, 3.05) is 16.6 Å². The lowest BCUT2D eigenvalue weighted by atomic mass is 9.86. The number of carbonyl (C=O) groups excluding carboxylic acids is 1. The van der Waals surface area contributed by atoms with Crippen LogP contribution in [0.15, 0.2) is 71.6 Å². The van der Waals surface area contributed by atoms with Gasteiger partial charge in [0.2, 0.25) is 0 Å². The van der Waals surface area contributed by atoms with Crippen LogP contribution in [0.1, 0.15) is 37.5 Å². The number of benzene rings is 3. The average molecular weight is 467 g/mol. The molecule has 0 unspecified atom stereocenters. The molecule has 0 spiro atoms. The third kappa shape index (κ3) is 6.35. The van der Waals surface area contributed by atoms with Crippen LogP contribution < -0.4 is 14.8 Å². The fourth-order valence-corrected chi connectivity index (χ4v) is 4.34. The van der Waals surface area contributed by atoms with Crippen molar-refractivity contribution in [1.29, 1.82) is 0 Å². The van der Waals surface area contributed by atoms with E-state index in [0.29, 0.717) is 17.1 Å². The smallest absolute Gasteiger partial charge is 0.262 e. The zero-order valence-electron chi connectivity index (χ0n) is 19.6. The van der Waals surface area contributed by atoms with E-state index in [1.54, 1.807) is 24.3 Å². The molecule has 174 valence electrons. The Balaban J connectivity index is 1.62. The molecule has 0 heterocycles. The van der Waals surface area contributed by atoms with Crippen molar-refractivity contribution >= 4 is 27.3 Å². The fourth-order valence-electron chi connectivity index (χ4n) is 3.29. The number of rotatable bonds is 7. The average Bonchev–Trinajstić information content (AvgIpc) is 2.74. The summed E-state index contributed by atoms with van der Waals surface area (Å²) in [4.78, 5) is 12.5. The molecule has 3 aromatic carbocycles. The van der Waals surface area contributed by atoms with Crippen molar-refractivity contribution in [2.45, 2.75) is 44.9 Å². The van der Waals surface area contributed by atoms with Gasteiger partial charge in [0.15, 0.2) is 6.61 Å². The van der Waals surface area contributed by atoms with Gasteiger partial charge in [0.25, 0.3) is 15.9 Å². The van der Waals surface area contributed by atoms with Gasteiger partial charge < -0.3 is 10.1 Å². The largest absolute Gasteiger partial charge is 0.483 e. The maximum atomic E-state index is 12.7.